The van der Waals surface area contributed by atoms with Crippen LogP contribution in [-0.4, -0.2) is 66.2 Å². The summed E-state index contributed by atoms with van der Waals surface area (Å²) in [6.45, 7) is 3.99. The quantitative estimate of drug-likeness (QED) is 0.802. The molecule has 2 bridgehead atoms. The molecule has 4 rings (SSSR count). The fourth-order valence-corrected chi connectivity index (χ4v) is 3.90. The van der Waals surface area contributed by atoms with Crippen molar-refractivity contribution >= 4 is 16.8 Å². The van der Waals surface area contributed by atoms with Crippen LogP contribution >= 0.6 is 0 Å². The number of ether oxygens (including phenoxy) is 1. The average Bonchev–Trinajstić information content (AvgIpc) is 2.65. The van der Waals surface area contributed by atoms with Crippen molar-refractivity contribution in [3.63, 3.8) is 0 Å². The Labute approximate surface area is 136 Å². The van der Waals surface area contributed by atoms with E-state index < -0.39 is 0 Å². The van der Waals surface area contributed by atoms with Crippen LogP contribution in [0, 0.1) is 5.92 Å². The minimum absolute atomic E-state index is 0.147. The van der Waals surface area contributed by atoms with Crippen molar-refractivity contribution in [3.8, 4) is 0 Å². The molecule has 2 fully saturated rings. The van der Waals surface area contributed by atoms with Gasteiger partial charge in [0.15, 0.2) is 0 Å². The van der Waals surface area contributed by atoms with Gasteiger partial charge in [0, 0.05) is 49.7 Å². The Kier molecular flexibility index (Phi) is 3.62. The number of fused-ring (bicyclic) bond motifs is 4. The number of aryl methyl sites for hydroxylation is 1. The lowest BCUT2D eigenvalue weighted by molar-refractivity contribution is 0.0435. The SMILES string of the molecule is CN1C[C@H]2COC[C@@H]1CN(C(=O)c1cn(C)c3ccccc13)C2. The van der Waals surface area contributed by atoms with Gasteiger partial charge in [0.2, 0.25) is 0 Å². The summed E-state index contributed by atoms with van der Waals surface area (Å²) in [5.74, 6) is 0.542. The van der Waals surface area contributed by atoms with Gasteiger partial charge in [0.1, 0.15) is 0 Å². The molecule has 1 aromatic carbocycles. The molecule has 0 spiro atoms. The highest BCUT2D eigenvalue weighted by molar-refractivity contribution is 6.07. The van der Waals surface area contributed by atoms with Gasteiger partial charge < -0.3 is 14.2 Å². The maximum Gasteiger partial charge on any atom is 0.256 e. The Hall–Kier alpha value is -1.85. The predicted octanol–water partition coefficient (Wildman–Crippen LogP) is 1.58. The number of rotatable bonds is 1. The Morgan fingerprint density at radius 1 is 1.13 bits per heavy atom. The summed E-state index contributed by atoms with van der Waals surface area (Å²) in [7, 11) is 4.14. The molecule has 0 radical (unpaired) electrons. The molecule has 2 saturated heterocycles. The van der Waals surface area contributed by atoms with E-state index in [1.54, 1.807) is 0 Å². The van der Waals surface area contributed by atoms with Gasteiger partial charge >= 0.3 is 0 Å². The maximum atomic E-state index is 13.2. The van der Waals surface area contributed by atoms with E-state index in [9.17, 15) is 4.79 Å². The summed E-state index contributed by atoms with van der Waals surface area (Å²) in [6.07, 6.45) is 1.97. The average molecular weight is 313 g/mol. The molecule has 2 atom stereocenters. The van der Waals surface area contributed by atoms with Gasteiger partial charge in [-0.15, -0.1) is 0 Å². The van der Waals surface area contributed by atoms with Gasteiger partial charge in [0.05, 0.1) is 24.8 Å². The van der Waals surface area contributed by atoms with E-state index in [2.05, 4.69) is 18.0 Å². The van der Waals surface area contributed by atoms with E-state index >= 15 is 0 Å². The first kappa shape index (κ1) is 14.7. The van der Waals surface area contributed by atoms with Gasteiger partial charge in [-0.3, -0.25) is 9.69 Å². The second-order valence-electron chi connectivity index (χ2n) is 6.88. The molecule has 0 N–H and O–H groups in total. The van der Waals surface area contributed by atoms with E-state index in [4.69, 9.17) is 4.74 Å². The summed E-state index contributed by atoms with van der Waals surface area (Å²) < 4.78 is 7.79. The summed E-state index contributed by atoms with van der Waals surface area (Å²) in [4.78, 5) is 17.5. The molecule has 5 nitrogen and oxygen atoms in total. The van der Waals surface area contributed by atoms with Crippen LogP contribution in [-0.2, 0) is 11.8 Å². The largest absolute Gasteiger partial charge is 0.379 e. The van der Waals surface area contributed by atoms with Crippen LogP contribution in [0.1, 0.15) is 10.4 Å². The number of amides is 1. The smallest absolute Gasteiger partial charge is 0.256 e. The lowest BCUT2D eigenvalue weighted by Gasteiger charge is -2.29. The highest BCUT2D eigenvalue weighted by Gasteiger charge is 2.34. The number of hydrogen-bond acceptors (Lipinski definition) is 3. The first-order valence-electron chi connectivity index (χ1n) is 8.25. The first-order chi connectivity index (χ1) is 11.1. The Morgan fingerprint density at radius 2 is 1.96 bits per heavy atom. The van der Waals surface area contributed by atoms with Crippen molar-refractivity contribution in [1.82, 2.24) is 14.4 Å². The highest BCUT2D eigenvalue weighted by atomic mass is 16.5. The van der Waals surface area contributed by atoms with Crippen molar-refractivity contribution in [2.45, 2.75) is 6.04 Å². The van der Waals surface area contributed by atoms with Crippen LogP contribution in [0.25, 0.3) is 10.9 Å². The summed E-state index contributed by atoms with van der Waals surface area (Å²) in [6, 6.07) is 8.40. The van der Waals surface area contributed by atoms with Crippen LogP contribution in [0.4, 0.5) is 0 Å². The summed E-state index contributed by atoms with van der Waals surface area (Å²) in [5, 5.41) is 1.04. The Bertz CT molecular complexity index is 739. The zero-order chi connectivity index (χ0) is 16.0. The Morgan fingerprint density at radius 3 is 2.83 bits per heavy atom. The minimum Gasteiger partial charge on any atom is -0.379 e. The standard InChI is InChI=1S/C18H23N3O2/c1-19-7-13-8-21(9-14(19)12-23-11-13)18(22)16-10-20(2)17-6-4-3-5-15(16)17/h3-6,10,13-14H,7-9,11-12H2,1-2H3/t13-,14+/m1/s1. The van der Waals surface area contributed by atoms with E-state index in [1.165, 1.54) is 0 Å². The molecular formula is C18H23N3O2. The van der Waals surface area contributed by atoms with Crippen LogP contribution < -0.4 is 0 Å². The normalized spacial score (nSPS) is 25.6. The highest BCUT2D eigenvalue weighted by Crippen LogP contribution is 2.25. The molecular weight excluding hydrogens is 290 g/mol. The van der Waals surface area contributed by atoms with Crippen LogP contribution in [0.5, 0.6) is 0 Å². The van der Waals surface area contributed by atoms with Crippen molar-refractivity contribution in [2.75, 3.05) is 39.9 Å². The minimum atomic E-state index is 0.147. The zero-order valence-corrected chi connectivity index (χ0v) is 13.7. The second-order valence-corrected chi connectivity index (χ2v) is 6.88. The van der Waals surface area contributed by atoms with E-state index in [1.807, 2.05) is 40.9 Å². The van der Waals surface area contributed by atoms with E-state index in [0.29, 0.717) is 18.6 Å². The van der Waals surface area contributed by atoms with Gasteiger partial charge in [0.25, 0.3) is 5.91 Å². The third-order valence-electron chi connectivity index (χ3n) is 5.16. The molecule has 1 amide bonds. The number of likely N-dealkylation sites (N-methyl/N-ethyl adjacent to an activating group) is 1. The van der Waals surface area contributed by atoms with Crippen molar-refractivity contribution < 1.29 is 9.53 Å². The third-order valence-corrected chi connectivity index (χ3v) is 5.16. The molecule has 2 aliphatic rings. The number of carbonyl (C=O) groups excluding carboxylic acids is 1. The fraction of sp³-hybridized carbons (Fsp3) is 0.500. The number of carbonyl (C=O) groups is 1. The topological polar surface area (TPSA) is 37.7 Å². The van der Waals surface area contributed by atoms with Crippen molar-refractivity contribution in [2.24, 2.45) is 13.0 Å². The van der Waals surface area contributed by atoms with Crippen LogP contribution in [0.2, 0.25) is 0 Å². The molecule has 2 aromatic rings. The number of hydrogen-bond donors (Lipinski definition) is 0. The molecule has 122 valence electrons. The molecule has 0 saturated carbocycles. The maximum absolute atomic E-state index is 13.2. The van der Waals surface area contributed by atoms with Crippen molar-refractivity contribution in [3.05, 3.63) is 36.0 Å². The van der Waals surface area contributed by atoms with Crippen LogP contribution in [0.15, 0.2) is 30.5 Å². The molecule has 5 heteroatoms. The number of benzene rings is 1. The molecule has 0 aliphatic carbocycles. The number of nitrogens with zero attached hydrogens (tertiary/aromatic N) is 3. The molecule has 3 heterocycles. The second kappa shape index (κ2) is 5.65. The summed E-state index contributed by atoms with van der Waals surface area (Å²) >= 11 is 0. The van der Waals surface area contributed by atoms with E-state index in [-0.39, 0.29) is 5.91 Å². The van der Waals surface area contributed by atoms with Gasteiger partial charge in [-0.05, 0) is 13.1 Å². The Balaban J connectivity index is 1.68. The predicted molar refractivity (Wildman–Crippen MR) is 89.5 cm³/mol. The molecule has 1 aromatic heterocycles. The number of aromatic nitrogens is 1. The van der Waals surface area contributed by atoms with Gasteiger partial charge in [-0.2, -0.15) is 0 Å². The molecule has 2 aliphatic heterocycles. The van der Waals surface area contributed by atoms with Gasteiger partial charge in [-0.25, -0.2) is 0 Å². The van der Waals surface area contributed by atoms with Crippen molar-refractivity contribution in [1.29, 1.82) is 0 Å². The molecule has 0 unspecified atom stereocenters. The zero-order valence-electron chi connectivity index (χ0n) is 13.7. The third kappa shape index (κ3) is 2.54. The monoisotopic (exact) mass is 313 g/mol. The van der Waals surface area contributed by atoms with Gasteiger partial charge in [-0.1, -0.05) is 18.2 Å². The summed E-state index contributed by atoms with van der Waals surface area (Å²) in [5.41, 5.74) is 1.91. The number of para-hydroxylation sites is 1. The first-order valence-corrected chi connectivity index (χ1v) is 8.25. The fourth-order valence-electron chi connectivity index (χ4n) is 3.90. The van der Waals surface area contributed by atoms with E-state index in [0.717, 1.165) is 42.7 Å². The lowest BCUT2D eigenvalue weighted by Crippen LogP contribution is -2.44. The lowest BCUT2D eigenvalue weighted by atomic mass is 10.1. The van der Waals surface area contributed by atoms with Crippen LogP contribution in [0.3, 0.4) is 0 Å². The molecule has 23 heavy (non-hydrogen) atoms.